The fourth-order valence-electron chi connectivity index (χ4n) is 2.02. The van der Waals surface area contributed by atoms with E-state index < -0.39 is 0 Å². The van der Waals surface area contributed by atoms with Crippen LogP contribution in [-0.4, -0.2) is 32.1 Å². The van der Waals surface area contributed by atoms with Gasteiger partial charge in [-0.2, -0.15) is 0 Å². The zero-order chi connectivity index (χ0) is 12.5. The monoisotopic (exact) mass is 243 g/mol. The largest absolute Gasteiger partial charge is 0.382 e. The van der Waals surface area contributed by atoms with E-state index in [4.69, 9.17) is 11.1 Å². The number of hydrogen-bond donors (Lipinski definition) is 2. The molecule has 3 N–H and O–H groups in total. The van der Waals surface area contributed by atoms with Crippen LogP contribution in [0.15, 0.2) is 24.7 Å². The molecule has 0 atom stereocenters. The third-order valence-electron chi connectivity index (χ3n) is 3.03. The fourth-order valence-corrected chi connectivity index (χ4v) is 2.02. The first-order valence-corrected chi connectivity index (χ1v) is 5.66. The number of rotatable bonds is 2. The molecule has 0 spiro atoms. The second kappa shape index (κ2) is 4.10. The summed E-state index contributed by atoms with van der Waals surface area (Å²) in [4.78, 5) is 6.34. The van der Waals surface area contributed by atoms with Crippen molar-refractivity contribution in [2.75, 3.05) is 11.4 Å². The zero-order valence-electron chi connectivity index (χ0n) is 9.74. The van der Waals surface area contributed by atoms with Gasteiger partial charge in [0.15, 0.2) is 5.82 Å². The molecule has 0 saturated carbocycles. The predicted octanol–water partition coefficient (Wildman–Crippen LogP) is -0.0226. The molecule has 0 aliphatic carbocycles. The number of hydrogen-bond acceptors (Lipinski definition) is 5. The van der Waals surface area contributed by atoms with E-state index >= 15 is 0 Å². The van der Waals surface area contributed by atoms with E-state index in [1.54, 1.807) is 18.6 Å². The van der Waals surface area contributed by atoms with Crippen molar-refractivity contribution in [3.05, 3.63) is 36.2 Å². The van der Waals surface area contributed by atoms with Crippen LogP contribution < -0.4 is 10.6 Å². The van der Waals surface area contributed by atoms with Crippen molar-refractivity contribution in [1.29, 1.82) is 5.41 Å². The van der Waals surface area contributed by atoms with Crippen LogP contribution in [0.1, 0.15) is 11.5 Å². The van der Waals surface area contributed by atoms with E-state index in [0.717, 1.165) is 31.1 Å². The molecule has 92 valence electrons. The third-order valence-corrected chi connectivity index (χ3v) is 3.03. The number of aromatic nitrogens is 4. The van der Waals surface area contributed by atoms with Gasteiger partial charge < -0.3 is 15.2 Å². The maximum absolute atomic E-state index is 7.31. The van der Waals surface area contributed by atoms with Crippen LogP contribution >= 0.6 is 0 Å². The normalized spacial score (nSPS) is 14.3. The molecule has 3 heterocycles. The Labute approximate surface area is 104 Å². The standard InChI is InChI=1S/C11H13N7/c12-11(13)9-2-1-8(5-14-9)17-3-4-18-7-15-16-10(18)6-17/h1-2,5,7H,3-4,6H2,(H3,12,13). The van der Waals surface area contributed by atoms with Gasteiger partial charge in [0.1, 0.15) is 17.9 Å². The number of pyridine rings is 1. The molecular formula is C11H13N7. The van der Waals surface area contributed by atoms with Crippen LogP contribution in [0.3, 0.4) is 0 Å². The highest BCUT2D eigenvalue weighted by molar-refractivity contribution is 5.93. The predicted molar refractivity (Wildman–Crippen MR) is 66.3 cm³/mol. The summed E-state index contributed by atoms with van der Waals surface area (Å²) in [7, 11) is 0. The molecule has 7 nitrogen and oxygen atoms in total. The van der Waals surface area contributed by atoms with Gasteiger partial charge in [-0.25, -0.2) is 0 Å². The van der Waals surface area contributed by atoms with Crippen molar-refractivity contribution < 1.29 is 0 Å². The number of nitrogens with two attached hydrogens (primary N) is 1. The summed E-state index contributed by atoms with van der Waals surface area (Å²) in [6.45, 7) is 2.49. The molecule has 0 saturated heterocycles. The average Bonchev–Trinajstić information content (AvgIpc) is 2.86. The number of nitrogens with zero attached hydrogens (tertiary/aromatic N) is 5. The number of nitrogens with one attached hydrogen (secondary N) is 1. The fraction of sp³-hybridized carbons (Fsp3) is 0.273. The minimum absolute atomic E-state index is 0.0139. The molecule has 18 heavy (non-hydrogen) atoms. The lowest BCUT2D eigenvalue weighted by molar-refractivity contribution is 0.559. The highest BCUT2D eigenvalue weighted by Gasteiger charge is 2.17. The Hall–Kier alpha value is -2.44. The lowest BCUT2D eigenvalue weighted by atomic mass is 10.2. The van der Waals surface area contributed by atoms with E-state index in [0.29, 0.717) is 5.69 Å². The molecule has 0 bridgehead atoms. The van der Waals surface area contributed by atoms with Crippen molar-refractivity contribution in [2.24, 2.45) is 5.73 Å². The molecule has 0 unspecified atom stereocenters. The van der Waals surface area contributed by atoms with Crippen LogP contribution in [-0.2, 0) is 13.1 Å². The van der Waals surface area contributed by atoms with Crippen molar-refractivity contribution in [3.63, 3.8) is 0 Å². The van der Waals surface area contributed by atoms with Gasteiger partial charge in [0.2, 0.25) is 0 Å². The summed E-state index contributed by atoms with van der Waals surface area (Å²) in [5.41, 5.74) is 6.88. The van der Waals surface area contributed by atoms with Crippen molar-refractivity contribution in [3.8, 4) is 0 Å². The zero-order valence-corrected chi connectivity index (χ0v) is 9.74. The summed E-state index contributed by atoms with van der Waals surface area (Å²) in [5, 5.41) is 15.3. The van der Waals surface area contributed by atoms with Crippen LogP contribution in [0, 0.1) is 5.41 Å². The number of nitrogen functional groups attached to an aromatic ring is 1. The van der Waals surface area contributed by atoms with Gasteiger partial charge in [-0.3, -0.25) is 10.4 Å². The number of fused-ring (bicyclic) bond motifs is 1. The number of anilines is 1. The SMILES string of the molecule is N=C(N)c1ccc(N2CCn3cnnc3C2)cn1. The number of amidine groups is 1. The maximum atomic E-state index is 7.31. The van der Waals surface area contributed by atoms with E-state index in [9.17, 15) is 0 Å². The van der Waals surface area contributed by atoms with Crippen LogP contribution in [0.2, 0.25) is 0 Å². The molecule has 2 aromatic heterocycles. The highest BCUT2D eigenvalue weighted by Crippen LogP contribution is 2.18. The molecule has 2 aromatic rings. The average molecular weight is 243 g/mol. The van der Waals surface area contributed by atoms with Gasteiger partial charge in [-0.15, -0.1) is 10.2 Å². The first-order valence-electron chi connectivity index (χ1n) is 5.66. The lowest BCUT2D eigenvalue weighted by Crippen LogP contribution is -2.33. The van der Waals surface area contributed by atoms with Crippen molar-refractivity contribution in [1.82, 2.24) is 19.7 Å². The van der Waals surface area contributed by atoms with Crippen LogP contribution in [0.5, 0.6) is 0 Å². The molecule has 0 fully saturated rings. The first kappa shape index (κ1) is 10.7. The molecule has 7 heteroatoms. The van der Waals surface area contributed by atoms with Gasteiger partial charge in [0, 0.05) is 13.1 Å². The van der Waals surface area contributed by atoms with Crippen LogP contribution in [0.25, 0.3) is 0 Å². The Morgan fingerprint density at radius 2 is 2.22 bits per heavy atom. The Kier molecular flexibility index (Phi) is 2.44. The summed E-state index contributed by atoms with van der Waals surface area (Å²) in [6.07, 6.45) is 3.49. The molecule has 1 aliphatic rings. The highest BCUT2D eigenvalue weighted by atomic mass is 15.3. The summed E-state index contributed by atoms with van der Waals surface area (Å²) < 4.78 is 2.05. The van der Waals surface area contributed by atoms with Gasteiger partial charge in [-0.1, -0.05) is 0 Å². The van der Waals surface area contributed by atoms with E-state index in [1.807, 2.05) is 10.6 Å². The molecule has 0 radical (unpaired) electrons. The smallest absolute Gasteiger partial charge is 0.152 e. The molecule has 3 rings (SSSR count). The lowest BCUT2D eigenvalue weighted by Gasteiger charge is -2.28. The van der Waals surface area contributed by atoms with E-state index in [2.05, 4.69) is 20.1 Å². The second-order valence-electron chi connectivity index (χ2n) is 4.18. The van der Waals surface area contributed by atoms with Crippen LogP contribution in [0.4, 0.5) is 5.69 Å². The topological polar surface area (TPSA) is 96.7 Å². The Morgan fingerprint density at radius 3 is 2.94 bits per heavy atom. The van der Waals surface area contributed by atoms with E-state index in [-0.39, 0.29) is 5.84 Å². The Morgan fingerprint density at radius 1 is 1.33 bits per heavy atom. The first-order chi connectivity index (χ1) is 8.74. The van der Waals surface area contributed by atoms with Gasteiger partial charge in [-0.05, 0) is 12.1 Å². The minimum atomic E-state index is -0.0139. The summed E-state index contributed by atoms with van der Waals surface area (Å²) >= 11 is 0. The Balaban J connectivity index is 1.82. The minimum Gasteiger partial charge on any atom is -0.382 e. The molecule has 0 aromatic carbocycles. The quantitative estimate of drug-likeness (QED) is 0.570. The van der Waals surface area contributed by atoms with E-state index in [1.165, 1.54) is 0 Å². The molecule has 1 aliphatic heterocycles. The van der Waals surface area contributed by atoms with Crippen molar-refractivity contribution in [2.45, 2.75) is 13.1 Å². The van der Waals surface area contributed by atoms with Crippen molar-refractivity contribution >= 4 is 11.5 Å². The second-order valence-corrected chi connectivity index (χ2v) is 4.18. The molecule has 0 amide bonds. The Bertz CT molecular complexity index is 571. The third kappa shape index (κ3) is 1.79. The van der Waals surface area contributed by atoms with Gasteiger partial charge in [0.05, 0.1) is 18.4 Å². The van der Waals surface area contributed by atoms with Gasteiger partial charge >= 0.3 is 0 Å². The molecular weight excluding hydrogens is 230 g/mol. The summed E-state index contributed by atoms with van der Waals surface area (Å²) in [5.74, 6) is 0.942. The van der Waals surface area contributed by atoms with Gasteiger partial charge in [0.25, 0.3) is 0 Å². The maximum Gasteiger partial charge on any atom is 0.152 e. The summed E-state index contributed by atoms with van der Waals surface area (Å²) in [6, 6.07) is 3.69.